The fraction of sp³-hybridized carbons (Fsp3) is 0.579. The second-order valence-electron chi connectivity index (χ2n) is 7.28. The predicted molar refractivity (Wildman–Crippen MR) is 95.1 cm³/mol. The maximum absolute atomic E-state index is 12.8. The lowest BCUT2D eigenvalue weighted by Gasteiger charge is -2.28. The van der Waals surface area contributed by atoms with Crippen LogP contribution >= 0.6 is 0 Å². The molecular formula is C19H28N2O3. The van der Waals surface area contributed by atoms with E-state index in [9.17, 15) is 9.59 Å². The number of benzene rings is 1. The van der Waals surface area contributed by atoms with Crippen molar-refractivity contribution in [2.24, 2.45) is 0 Å². The van der Waals surface area contributed by atoms with E-state index < -0.39 is 17.7 Å². The van der Waals surface area contributed by atoms with Gasteiger partial charge >= 0.3 is 6.09 Å². The molecule has 0 aliphatic carbocycles. The van der Waals surface area contributed by atoms with Gasteiger partial charge in [-0.1, -0.05) is 25.1 Å². The molecule has 2 amide bonds. The zero-order valence-electron chi connectivity index (χ0n) is 15.3. The lowest BCUT2D eigenvalue weighted by atomic mass is 10.1. The molecule has 1 heterocycles. The topological polar surface area (TPSA) is 58.6 Å². The van der Waals surface area contributed by atoms with Crippen molar-refractivity contribution < 1.29 is 14.3 Å². The van der Waals surface area contributed by atoms with E-state index in [2.05, 4.69) is 12.2 Å². The summed E-state index contributed by atoms with van der Waals surface area (Å²) in [6, 6.07) is 5.52. The van der Waals surface area contributed by atoms with Gasteiger partial charge in [0, 0.05) is 12.2 Å². The maximum Gasteiger partial charge on any atom is 0.410 e. The Balaban J connectivity index is 2.13. The lowest BCUT2D eigenvalue weighted by Crippen LogP contribution is -2.45. The first-order chi connectivity index (χ1) is 11.2. The van der Waals surface area contributed by atoms with Gasteiger partial charge in [0.05, 0.1) is 0 Å². The van der Waals surface area contributed by atoms with E-state index in [4.69, 9.17) is 4.74 Å². The first kappa shape index (κ1) is 18.3. The molecule has 1 aliphatic heterocycles. The standard InChI is InChI=1S/C19H28N2O3/c1-6-14-10-7-9-13(2)16(14)20-17(22)15-11-8-12-21(15)18(23)24-19(3,4)5/h7,9-10,15H,6,8,11-12H2,1-5H3,(H,20,22)/t15-/m0/s1. The van der Waals surface area contributed by atoms with Crippen LogP contribution in [0.1, 0.15) is 51.7 Å². The normalized spacial score (nSPS) is 17.7. The van der Waals surface area contributed by atoms with Crippen LogP contribution in [-0.2, 0) is 16.0 Å². The smallest absolute Gasteiger partial charge is 0.410 e. The number of likely N-dealkylation sites (tertiary alicyclic amines) is 1. The maximum atomic E-state index is 12.8. The Morgan fingerprint density at radius 1 is 1.33 bits per heavy atom. The number of carbonyl (C=O) groups is 2. The number of hydrogen-bond donors (Lipinski definition) is 1. The van der Waals surface area contributed by atoms with Gasteiger partial charge in [-0.15, -0.1) is 0 Å². The second-order valence-corrected chi connectivity index (χ2v) is 7.28. The van der Waals surface area contributed by atoms with E-state index in [0.717, 1.165) is 29.7 Å². The molecule has 132 valence electrons. The SMILES string of the molecule is CCc1cccc(C)c1NC(=O)[C@@H]1CCCN1C(=O)OC(C)(C)C. The van der Waals surface area contributed by atoms with Gasteiger partial charge in [0.1, 0.15) is 11.6 Å². The predicted octanol–water partition coefficient (Wildman–Crippen LogP) is 3.90. The van der Waals surface area contributed by atoms with Crippen molar-refractivity contribution in [1.82, 2.24) is 4.90 Å². The van der Waals surface area contributed by atoms with Crippen LogP contribution in [0.5, 0.6) is 0 Å². The molecule has 1 atom stereocenters. The molecule has 2 rings (SSSR count). The van der Waals surface area contributed by atoms with Gasteiger partial charge in [-0.3, -0.25) is 9.69 Å². The Bertz CT molecular complexity index is 620. The third kappa shape index (κ3) is 4.28. The van der Waals surface area contributed by atoms with Gasteiger partial charge in [0.2, 0.25) is 5.91 Å². The summed E-state index contributed by atoms with van der Waals surface area (Å²) in [4.78, 5) is 26.6. The molecule has 1 N–H and O–H groups in total. The fourth-order valence-electron chi connectivity index (χ4n) is 2.99. The average molecular weight is 332 g/mol. The molecule has 1 fully saturated rings. The van der Waals surface area contributed by atoms with Crippen LogP contribution in [0, 0.1) is 6.92 Å². The number of aryl methyl sites for hydroxylation is 2. The largest absolute Gasteiger partial charge is 0.444 e. The van der Waals surface area contributed by atoms with Crippen LogP contribution in [0.15, 0.2) is 18.2 Å². The first-order valence-electron chi connectivity index (χ1n) is 8.62. The van der Waals surface area contributed by atoms with E-state index in [1.807, 2.05) is 45.9 Å². The van der Waals surface area contributed by atoms with Crippen LogP contribution in [-0.4, -0.2) is 35.1 Å². The fourth-order valence-corrected chi connectivity index (χ4v) is 2.99. The lowest BCUT2D eigenvalue weighted by molar-refractivity contribution is -0.120. The molecule has 0 spiro atoms. The van der Waals surface area contributed by atoms with E-state index in [0.29, 0.717) is 13.0 Å². The Morgan fingerprint density at radius 2 is 2.04 bits per heavy atom. The highest BCUT2D eigenvalue weighted by molar-refractivity contribution is 5.98. The van der Waals surface area contributed by atoms with Crippen LogP contribution in [0.25, 0.3) is 0 Å². The summed E-state index contributed by atoms with van der Waals surface area (Å²) in [6.07, 6.45) is 1.91. The number of anilines is 1. The van der Waals surface area contributed by atoms with Crippen LogP contribution in [0.4, 0.5) is 10.5 Å². The van der Waals surface area contributed by atoms with Gasteiger partial charge in [-0.05, 0) is 58.1 Å². The summed E-state index contributed by atoms with van der Waals surface area (Å²) in [6.45, 7) is 10.1. The average Bonchev–Trinajstić information content (AvgIpc) is 2.97. The zero-order chi connectivity index (χ0) is 17.9. The van der Waals surface area contributed by atoms with Crippen molar-refractivity contribution in [2.75, 3.05) is 11.9 Å². The highest BCUT2D eigenvalue weighted by atomic mass is 16.6. The Hall–Kier alpha value is -2.04. The number of amides is 2. The number of nitrogens with one attached hydrogen (secondary N) is 1. The Morgan fingerprint density at radius 3 is 2.67 bits per heavy atom. The number of para-hydroxylation sites is 1. The van der Waals surface area contributed by atoms with E-state index in [-0.39, 0.29) is 5.91 Å². The second kappa shape index (κ2) is 7.24. The van der Waals surface area contributed by atoms with Gasteiger partial charge in [0.15, 0.2) is 0 Å². The summed E-state index contributed by atoms with van der Waals surface area (Å²) in [5, 5.41) is 3.03. The highest BCUT2D eigenvalue weighted by Gasteiger charge is 2.36. The number of carbonyl (C=O) groups excluding carboxylic acids is 2. The summed E-state index contributed by atoms with van der Waals surface area (Å²) in [7, 11) is 0. The molecule has 0 unspecified atom stereocenters. The van der Waals surface area contributed by atoms with Crippen molar-refractivity contribution in [3.63, 3.8) is 0 Å². The van der Waals surface area contributed by atoms with Crippen molar-refractivity contribution in [1.29, 1.82) is 0 Å². The Kier molecular flexibility index (Phi) is 5.52. The summed E-state index contributed by atoms with van der Waals surface area (Å²) < 4.78 is 5.43. The highest BCUT2D eigenvalue weighted by Crippen LogP contribution is 2.25. The number of hydrogen-bond acceptors (Lipinski definition) is 3. The molecule has 1 aliphatic rings. The molecule has 0 bridgehead atoms. The number of nitrogens with zero attached hydrogens (tertiary/aromatic N) is 1. The minimum atomic E-state index is -0.563. The van der Waals surface area contributed by atoms with Crippen LogP contribution in [0.3, 0.4) is 0 Å². The van der Waals surface area contributed by atoms with Crippen LogP contribution < -0.4 is 5.32 Å². The monoisotopic (exact) mass is 332 g/mol. The molecule has 0 aromatic heterocycles. The first-order valence-corrected chi connectivity index (χ1v) is 8.62. The zero-order valence-corrected chi connectivity index (χ0v) is 15.3. The van der Waals surface area contributed by atoms with Crippen molar-refractivity contribution in [3.05, 3.63) is 29.3 Å². The minimum absolute atomic E-state index is 0.137. The van der Waals surface area contributed by atoms with Crippen molar-refractivity contribution >= 4 is 17.7 Å². The number of ether oxygens (including phenoxy) is 1. The molecule has 1 aromatic carbocycles. The Labute approximate surface area is 144 Å². The molecule has 5 nitrogen and oxygen atoms in total. The van der Waals surface area contributed by atoms with E-state index >= 15 is 0 Å². The van der Waals surface area contributed by atoms with Gasteiger partial charge in [-0.25, -0.2) is 4.79 Å². The van der Waals surface area contributed by atoms with Gasteiger partial charge in [0.25, 0.3) is 0 Å². The third-order valence-electron chi connectivity index (χ3n) is 4.17. The molecule has 24 heavy (non-hydrogen) atoms. The van der Waals surface area contributed by atoms with E-state index in [1.165, 1.54) is 0 Å². The molecule has 0 radical (unpaired) electrons. The van der Waals surface area contributed by atoms with Crippen molar-refractivity contribution in [2.45, 2.75) is 65.5 Å². The number of rotatable bonds is 3. The third-order valence-corrected chi connectivity index (χ3v) is 4.17. The summed E-state index contributed by atoms with van der Waals surface area (Å²) in [5.74, 6) is -0.137. The van der Waals surface area contributed by atoms with Crippen molar-refractivity contribution in [3.8, 4) is 0 Å². The summed E-state index contributed by atoms with van der Waals surface area (Å²) in [5.41, 5.74) is 2.43. The summed E-state index contributed by atoms with van der Waals surface area (Å²) >= 11 is 0. The molecule has 1 aromatic rings. The van der Waals surface area contributed by atoms with Gasteiger partial charge in [-0.2, -0.15) is 0 Å². The van der Waals surface area contributed by atoms with Gasteiger partial charge < -0.3 is 10.1 Å². The molecule has 5 heteroatoms. The quantitative estimate of drug-likeness (QED) is 0.913. The minimum Gasteiger partial charge on any atom is -0.444 e. The van der Waals surface area contributed by atoms with Crippen LogP contribution in [0.2, 0.25) is 0 Å². The molecular weight excluding hydrogens is 304 g/mol. The molecule has 0 saturated carbocycles. The molecule has 1 saturated heterocycles. The van der Waals surface area contributed by atoms with E-state index in [1.54, 1.807) is 4.90 Å².